The molecule has 0 saturated carbocycles. The molecule has 3 nitrogen and oxygen atoms in total. The van der Waals surface area contributed by atoms with Crippen molar-refractivity contribution in [1.82, 2.24) is 4.57 Å². The number of thiazole rings is 1. The summed E-state index contributed by atoms with van der Waals surface area (Å²) in [6.07, 6.45) is 0.269. The highest BCUT2D eigenvalue weighted by Gasteiger charge is 2.08. The van der Waals surface area contributed by atoms with Crippen LogP contribution in [-0.2, 0) is 17.8 Å². The van der Waals surface area contributed by atoms with Gasteiger partial charge in [-0.15, -0.1) is 0 Å². The van der Waals surface area contributed by atoms with Crippen LogP contribution in [0.2, 0.25) is 0 Å². The molecule has 0 aliphatic heterocycles. The first kappa shape index (κ1) is 17.5. The number of hydrogen-bond donors (Lipinski definition) is 0. The monoisotopic (exact) mass is 356 g/mol. The Morgan fingerprint density at radius 1 is 1.20 bits per heavy atom. The predicted octanol–water partition coefficient (Wildman–Crippen LogP) is 4.66. The minimum atomic E-state index is -0.278. The number of aromatic nitrogens is 1. The number of hydrogen-bond acceptors (Lipinski definition) is 2. The van der Waals surface area contributed by atoms with Crippen LogP contribution < -0.4 is 4.80 Å². The van der Waals surface area contributed by atoms with Gasteiger partial charge in [-0.05, 0) is 42.2 Å². The van der Waals surface area contributed by atoms with Gasteiger partial charge >= 0.3 is 0 Å². The lowest BCUT2D eigenvalue weighted by atomic mass is 10.0. The van der Waals surface area contributed by atoms with Gasteiger partial charge in [0.25, 0.3) is 5.91 Å². The van der Waals surface area contributed by atoms with Gasteiger partial charge in [0.15, 0.2) is 4.80 Å². The second-order valence-corrected chi connectivity index (χ2v) is 7.33. The predicted molar refractivity (Wildman–Crippen MR) is 100 cm³/mol. The molecule has 0 aliphatic carbocycles. The fourth-order valence-corrected chi connectivity index (χ4v) is 3.92. The molecule has 1 aromatic heterocycles. The highest BCUT2D eigenvalue weighted by molar-refractivity contribution is 7.16. The summed E-state index contributed by atoms with van der Waals surface area (Å²) in [6, 6.07) is 12.7. The van der Waals surface area contributed by atoms with Crippen molar-refractivity contribution in [3.05, 3.63) is 64.2 Å². The number of halogens is 1. The second kappa shape index (κ2) is 7.31. The maximum absolute atomic E-state index is 13.4. The van der Waals surface area contributed by atoms with Crippen molar-refractivity contribution in [2.24, 2.45) is 4.99 Å². The molecule has 0 atom stereocenters. The third-order valence-corrected chi connectivity index (χ3v) is 5.22. The highest BCUT2D eigenvalue weighted by atomic mass is 32.1. The number of rotatable bonds is 4. The SMILES string of the molecule is CCn1c(=NC(=O)Cc2ccc(C(C)C)cc2)sc2cc(F)ccc21. The first-order chi connectivity index (χ1) is 12.0. The van der Waals surface area contributed by atoms with E-state index in [1.54, 1.807) is 6.07 Å². The van der Waals surface area contributed by atoms with Gasteiger partial charge in [-0.2, -0.15) is 4.99 Å². The van der Waals surface area contributed by atoms with Crippen molar-refractivity contribution in [3.63, 3.8) is 0 Å². The molecule has 0 aliphatic rings. The lowest BCUT2D eigenvalue weighted by Gasteiger charge is -2.05. The van der Waals surface area contributed by atoms with E-state index in [0.717, 1.165) is 15.8 Å². The smallest absolute Gasteiger partial charge is 0.252 e. The van der Waals surface area contributed by atoms with Crippen molar-refractivity contribution in [3.8, 4) is 0 Å². The molecule has 0 fully saturated rings. The molecule has 3 aromatic rings. The van der Waals surface area contributed by atoms with E-state index in [-0.39, 0.29) is 18.1 Å². The molecule has 1 amide bonds. The van der Waals surface area contributed by atoms with Crippen LogP contribution in [0.1, 0.15) is 37.8 Å². The van der Waals surface area contributed by atoms with E-state index < -0.39 is 0 Å². The van der Waals surface area contributed by atoms with E-state index in [0.29, 0.717) is 17.3 Å². The number of benzene rings is 2. The molecule has 0 N–H and O–H groups in total. The quantitative estimate of drug-likeness (QED) is 0.670. The molecule has 2 aromatic carbocycles. The number of fused-ring (bicyclic) bond motifs is 1. The Morgan fingerprint density at radius 3 is 2.56 bits per heavy atom. The fraction of sp³-hybridized carbons (Fsp3) is 0.300. The standard InChI is InChI=1S/C20H21FN2OS/c1-4-23-17-10-9-16(21)12-18(17)25-20(23)22-19(24)11-14-5-7-15(8-6-14)13(2)3/h5-10,12-13H,4,11H2,1-3H3. The fourth-order valence-electron chi connectivity index (χ4n) is 2.78. The largest absolute Gasteiger partial charge is 0.317 e. The summed E-state index contributed by atoms with van der Waals surface area (Å²) in [4.78, 5) is 17.3. The van der Waals surface area contributed by atoms with Crippen molar-refractivity contribution in [2.45, 2.75) is 39.7 Å². The third kappa shape index (κ3) is 3.87. The first-order valence-corrected chi connectivity index (χ1v) is 9.25. The summed E-state index contributed by atoms with van der Waals surface area (Å²) in [6.45, 7) is 6.96. The number of carbonyl (C=O) groups excluding carboxylic acids is 1. The normalized spacial score (nSPS) is 12.3. The van der Waals surface area contributed by atoms with Gasteiger partial charge in [0.2, 0.25) is 0 Å². The minimum absolute atomic E-state index is 0.188. The van der Waals surface area contributed by atoms with E-state index >= 15 is 0 Å². The van der Waals surface area contributed by atoms with Crippen molar-refractivity contribution >= 4 is 27.5 Å². The number of carbonyl (C=O) groups is 1. The Bertz CT molecular complexity index is 968. The van der Waals surface area contributed by atoms with Crippen LogP contribution in [0.15, 0.2) is 47.5 Å². The third-order valence-electron chi connectivity index (χ3n) is 4.18. The van der Waals surface area contributed by atoms with E-state index in [2.05, 4.69) is 31.0 Å². The number of amides is 1. The maximum atomic E-state index is 13.4. The average molecular weight is 356 g/mol. The zero-order valence-corrected chi connectivity index (χ0v) is 15.4. The van der Waals surface area contributed by atoms with Crippen LogP contribution in [0.25, 0.3) is 10.2 Å². The van der Waals surface area contributed by atoms with Gasteiger partial charge in [-0.3, -0.25) is 4.79 Å². The zero-order chi connectivity index (χ0) is 18.0. The van der Waals surface area contributed by atoms with Crippen LogP contribution in [0, 0.1) is 5.82 Å². The molecule has 0 radical (unpaired) electrons. The van der Waals surface area contributed by atoms with Gasteiger partial charge in [-0.1, -0.05) is 49.4 Å². The van der Waals surface area contributed by atoms with E-state index in [1.165, 1.54) is 29.0 Å². The second-order valence-electron chi connectivity index (χ2n) is 6.32. The topological polar surface area (TPSA) is 34.4 Å². The summed E-state index contributed by atoms with van der Waals surface area (Å²) in [5.41, 5.74) is 3.11. The number of aryl methyl sites for hydroxylation is 1. The summed E-state index contributed by atoms with van der Waals surface area (Å²) < 4.78 is 16.2. The Labute approximate surface area is 150 Å². The molecule has 1 heterocycles. The van der Waals surface area contributed by atoms with Gasteiger partial charge in [0.05, 0.1) is 16.6 Å². The molecule has 3 rings (SSSR count). The van der Waals surface area contributed by atoms with Gasteiger partial charge < -0.3 is 4.57 Å². The molecule has 0 unspecified atom stereocenters. The van der Waals surface area contributed by atoms with Crippen LogP contribution >= 0.6 is 11.3 Å². The van der Waals surface area contributed by atoms with E-state index in [1.807, 2.05) is 23.6 Å². The maximum Gasteiger partial charge on any atom is 0.252 e. The summed E-state index contributed by atoms with van der Waals surface area (Å²) in [7, 11) is 0. The average Bonchev–Trinajstić information content (AvgIpc) is 2.90. The van der Waals surface area contributed by atoms with Crippen molar-refractivity contribution in [2.75, 3.05) is 0 Å². The Hall–Kier alpha value is -2.27. The van der Waals surface area contributed by atoms with Gasteiger partial charge in [0.1, 0.15) is 5.82 Å². The van der Waals surface area contributed by atoms with E-state index in [4.69, 9.17) is 0 Å². The molecular weight excluding hydrogens is 335 g/mol. The lowest BCUT2D eigenvalue weighted by molar-refractivity contribution is -0.117. The van der Waals surface area contributed by atoms with Crippen LogP contribution in [0.5, 0.6) is 0 Å². The Morgan fingerprint density at radius 2 is 1.92 bits per heavy atom. The molecule has 0 spiro atoms. The Balaban J connectivity index is 1.89. The molecular formula is C20H21FN2OS. The summed E-state index contributed by atoms with van der Waals surface area (Å²) in [5, 5.41) is 0. The van der Waals surface area contributed by atoms with E-state index in [9.17, 15) is 9.18 Å². The number of nitrogens with zero attached hydrogens (tertiary/aromatic N) is 2. The van der Waals surface area contributed by atoms with Crippen molar-refractivity contribution < 1.29 is 9.18 Å². The molecule has 0 bridgehead atoms. The Kier molecular flexibility index (Phi) is 5.13. The lowest BCUT2D eigenvalue weighted by Crippen LogP contribution is -2.16. The molecule has 130 valence electrons. The van der Waals surface area contributed by atoms with Crippen molar-refractivity contribution in [1.29, 1.82) is 0 Å². The van der Waals surface area contributed by atoms with Crippen LogP contribution in [0.4, 0.5) is 4.39 Å². The van der Waals surface area contributed by atoms with Gasteiger partial charge in [-0.25, -0.2) is 4.39 Å². The van der Waals surface area contributed by atoms with Gasteiger partial charge in [0, 0.05) is 6.54 Å². The minimum Gasteiger partial charge on any atom is -0.317 e. The first-order valence-electron chi connectivity index (χ1n) is 8.43. The summed E-state index contributed by atoms with van der Waals surface area (Å²) >= 11 is 1.34. The molecule has 5 heteroatoms. The highest BCUT2D eigenvalue weighted by Crippen LogP contribution is 2.19. The molecule has 25 heavy (non-hydrogen) atoms. The summed E-state index contributed by atoms with van der Waals surface area (Å²) in [5.74, 6) is 0.00328. The van der Waals surface area contributed by atoms with Crippen LogP contribution in [0.3, 0.4) is 0 Å². The van der Waals surface area contributed by atoms with Crippen LogP contribution in [-0.4, -0.2) is 10.5 Å². The molecule has 0 saturated heterocycles. The zero-order valence-electron chi connectivity index (χ0n) is 14.6.